The molecule has 1 aliphatic heterocycles. The van der Waals surface area contributed by atoms with E-state index in [-0.39, 0.29) is 11.4 Å². The van der Waals surface area contributed by atoms with E-state index in [1.165, 1.54) is 13.2 Å². The summed E-state index contributed by atoms with van der Waals surface area (Å²) in [4.78, 5) is 47.8. The third kappa shape index (κ3) is 2.13. The van der Waals surface area contributed by atoms with Gasteiger partial charge in [0.15, 0.2) is 11.7 Å². The summed E-state index contributed by atoms with van der Waals surface area (Å²) in [6, 6.07) is 5.43. The van der Waals surface area contributed by atoms with E-state index >= 15 is 0 Å². The molecule has 1 fully saturated rings. The molecular formula is C13H12N2O5. The van der Waals surface area contributed by atoms with E-state index in [9.17, 15) is 19.2 Å². The number of nitrogens with zero attached hydrogens (tertiary/aromatic N) is 1. The number of Topliss-reactive ketones (excluding diaryl/α,β-unsaturated/α-hetero) is 1. The van der Waals surface area contributed by atoms with Crippen LogP contribution in [0.2, 0.25) is 0 Å². The number of imide groups is 2. The first kappa shape index (κ1) is 13.7. The first-order valence-electron chi connectivity index (χ1n) is 5.79. The Bertz CT molecular complexity index is 611. The fraction of sp³-hybridized carbons (Fsp3) is 0.231. The van der Waals surface area contributed by atoms with E-state index < -0.39 is 29.5 Å². The number of para-hydroxylation sites is 2. The van der Waals surface area contributed by atoms with Gasteiger partial charge in [-0.1, -0.05) is 12.1 Å². The first-order chi connectivity index (χ1) is 9.47. The average molecular weight is 276 g/mol. The van der Waals surface area contributed by atoms with E-state index in [0.29, 0.717) is 0 Å². The Kier molecular flexibility index (Phi) is 3.51. The Balaban J connectivity index is 2.49. The molecule has 0 bridgehead atoms. The van der Waals surface area contributed by atoms with E-state index in [1.54, 1.807) is 18.2 Å². The number of hydrogen-bond donors (Lipinski definition) is 1. The van der Waals surface area contributed by atoms with Crippen molar-refractivity contribution in [2.24, 2.45) is 5.92 Å². The molecule has 1 unspecified atom stereocenters. The molecule has 1 aromatic carbocycles. The third-order valence-corrected chi connectivity index (χ3v) is 2.90. The van der Waals surface area contributed by atoms with Crippen molar-refractivity contribution in [3.05, 3.63) is 24.3 Å². The van der Waals surface area contributed by atoms with Gasteiger partial charge in [-0.3, -0.25) is 19.7 Å². The van der Waals surface area contributed by atoms with Crippen molar-refractivity contribution < 1.29 is 23.9 Å². The zero-order valence-corrected chi connectivity index (χ0v) is 10.9. The normalized spacial score (nSPS) is 18.8. The quantitative estimate of drug-likeness (QED) is 0.811. The van der Waals surface area contributed by atoms with Crippen molar-refractivity contribution in [3.63, 3.8) is 0 Å². The predicted octanol–water partition coefficient (Wildman–Crippen LogP) is 0.483. The van der Waals surface area contributed by atoms with E-state index in [1.807, 2.05) is 5.32 Å². The Labute approximate surface area is 114 Å². The number of carbonyl (C=O) groups is 4. The van der Waals surface area contributed by atoms with Crippen molar-refractivity contribution in [2.75, 3.05) is 12.0 Å². The summed E-state index contributed by atoms with van der Waals surface area (Å²) in [6.07, 6.45) is 0. The molecule has 7 heteroatoms. The number of rotatable bonds is 3. The maximum atomic E-state index is 12.2. The number of carbonyl (C=O) groups excluding carboxylic acids is 4. The molecule has 0 spiro atoms. The zero-order chi connectivity index (χ0) is 14.9. The topological polar surface area (TPSA) is 92.8 Å². The van der Waals surface area contributed by atoms with Gasteiger partial charge in [-0.25, -0.2) is 9.69 Å². The summed E-state index contributed by atoms with van der Waals surface area (Å²) in [6.45, 7) is 1.12. The van der Waals surface area contributed by atoms with Crippen molar-refractivity contribution >= 4 is 29.3 Å². The van der Waals surface area contributed by atoms with Crippen LogP contribution < -0.4 is 15.0 Å². The van der Waals surface area contributed by atoms with Gasteiger partial charge in [-0.15, -0.1) is 0 Å². The fourth-order valence-corrected chi connectivity index (χ4v) is 1.98. The van der Waals surface area contributed by atoms with Crippen LogP contribution in [0.5, 0.6) is 5.75 Å². The second kappa shape index (κ2) is 5.12. The molecule has 1 aliphatic rings. The van der Waals surface area contributed by atoms with Crippen LogP contribution in [0.15, 0.2) is 24.3 Å². The van der Waals surface area contributed by atoms with Crippen LogP contribution in [0.4, 0.5) is 10.5 Å². The molecule has 0 radical (unpaired) electrons. The molecule has 20 heavy (non-hydrogen) atoms. The number of methoxy groups -OCH3 is 1. The second-order valence-corrected chi connectivity index (χ2v) is 4.18. The van der Waals surface area contributed by atoms with Gasteiger partial charge in [0, 0.05) is 0 Å². The molecule has 1 atom stereocenters. The fourth-order valence-electron chi connectivity index (χ4n) is 1.98. The van der Waals surface area contributed by atoms with Gasteiger partial charge in [0.05, 0.1) is 12.8 Å². The summed E-state index contributed by atoms with van der Waals surface area (Å²) in [5, 5.41) is 1.99. The minimum absolute atomic E-state index is 0.177. The van der Waals surface area contributed by atoms with Gasteiger partial charge in [0.2, 0.25) is 5.91 Å². The number of ether oxygens (including phenoxy) is 1. The minimum atomic E-state index is -1.52. The predicted molar refractivity (Wildman–Crippen MR) is 68.2 cm³/mol. The van der Waals surface area contributed by atoms with Gasteiger partial charge in [-0.2, -0.15) is 0 Å². The summed E-state index contributed by atoms with van der Waals surface area (Å²) < 4.78 is 5.07. The highest BCUT2D eigenvalue weighted by Gasteiger charge is 2.44. The van der Waals surface area contributed by atoms with Gasteiger partial charge in [-0.05, 0) is 19.1 Å². The Morgan fingerprint density at radius 2 is 1.90 bits per heavy atom. The molecule has 0 aromatic heterocycles. The zero-order valence-electron chi connectivity index (χ0n) is 10.9. The summed E-state index contributed by atoms with van der Waals surface area (Å²) in [7, 11) is 1.39. The SMILES string of the molecule is COc1ccccc1N1C(=O)NC(=O)C(C(C)=O)C1=O. The lowest BCUT2D eigenvalue weighted by atomic mass is 10.00. The monoisotopic (exact) mass is 276 g/mol. The van der Waals surface area contributed by atoms with Gasteiger partial charge >= 0.3 is 6.03 Å². The number of anilines is 1. The maximum Gasteiger partial charge on any atom is 0.335 e. The second-order valence-electron chi connectivity index (χ2n) is 4.18. The molecule has 104 valence electrons. The van der Waals surface area contributed by atoms with E-state index in [4.69, 9.17) is 4.74 Å². The molecule has 1 heterocycles. The Morgan fingerprint density at radius 3 is 2.50 bits per heavy atom. The lowest BCUT2D eigenvalue weighted by Gasteiger charge is -2.29. The minimum Gasteiger partial charge on any atom is -0.495 e. The molecule has 7 nitrogen and oxygen atoms in total. The van der Waals surface area contributed by atoms with Crippen LogP contribution in [-0.4, -0.2) is 30.7 Å². The van der Waals surface area contributed by atoms with Gasteiger partial charge in [0.1, 0.15) is 5.75 Å². The number of benzene rings is 1. The molecular weight excluding hydrogens is 264 g/mol. The first-order valence-corrected chi connectivity index (χ1v) is 5.79. The van der Waals surface area contributed by atoms with Gasteiger partial charge in [0.25, 0.3) is 5.91 Å². The van der Waals surface area contributed by atoms with Crippen LogP contribution in [0.1, 0.15) is 6.92 Å². The molecule has 0 saturated carbocycles. The lowest BCUT2D eigenvalue weighted by Crippen LogP contribution is -2.60. The number of nitrogens with one attached hydrogen (secondary N) is 1. The Hall–Kier alpha value is -2.70. The smallest absolute Gasteiger partial charge is 0.335 e. The Morgan fingerprint density at radius 1 is 1.25 bits per heavy atom. The van der Waals surface area contributed by atoms with Crippen LogP contribution in [0.25, 0.3) is 0 Å². The molecule has 2 rings (SSSR count). The number of hydrogen-bond acceptors (Lipinski definition) is 5. The van der Waals surface area contributed by atoms with Crippen molar-refractivity contribution in [1.82, 2.24) is 5.32 Å². The molecule has 1 aromatic rings. The molecule has 4 amide bonds. The number of amides is 4. The van der Waals surface area contributed by atoms with E-state index in [2.05, 4.69) is 0 Å². The summed E-state index contributed by atoms with van der Waals surface area (Å²) in [5.74, 6) is -3.64. The highest BCUT2D eigenvalue weighted by atomic mass is 16.5. The highest BCUT2D eigenvalue weighted by molar-refractivity contribution is 6.34. The highest BCUT2D eigenvalue weighted by Crippen LogP contribution is 2.30. The van der Waals surface area contributed by atoms with Crippen molar-refractivity contribution in [1.29, 1.82) is 0 Å². The largest absolute Gasteiger partial charge is 0.495 e. The number of urea groups is 1. The number of barbiturate groups is 1. The summed E-state index contributed by atoms with van der Waals surface area (Å²) >= 11 is 0. The standard InChI is InChI=1S/C13H12N2O5/c1-7(16)10-11(17)14-13(19)15(12(10)18)8-5-3-4-6-9(8)20-2/h3-6,10H,1-2H3,(H,14,17,19). The molecule has 1 saturated heterocycles. The van der Waals surface area contributed by atoms with Crippen LogP contribution >= 0.6 is 0 Å². The maximum absolute atomic E-state index is 12.2. The van der Waals surface area contributed by atoms with Crippen LogP contribution in [0.3, 0.4) is 0 Å². The van der Waals surface area contributed by atoms with Crippen molar-refractivity contribution in [3.8, 4) is 5.75 Å². The van der Waals surface area contributed by atoms with Crippen molar-refractivity contribution in [2.45, 2.75) is 6.92 Å². The van der Waals surface area contributed by atoms with Crippen LogP contribution in [-0.2, 0) is 14.4 Å². The lowest BCUT2D eigenvalue weighted by molar-refractivity contribution is -0.140. The third-order valence-electron chi connectivity index (χ3n) is 2.90. The molecule has 0 aliphatic carbocycles. The number of ketones is 1. The molecule has 1 N–H and O–H groups in total. The van der Waals surface area contributed by atoms with E-state index in [0.717, 1.165) is 11.8 Å². The van der Waals surface area contributed by atoms with Gasteiger partial charge < -0.3 is 4.74 Å². The van der Waals surface area contributed by atoms with Crippen LogP contribution in [0, 0.1) is 5.92 Å². The summed E-state index contributed by atoms with van der Waals surface area (Å²) in [5.41, 5.74) is 0.177. The average Bonchev–Trinajstić information content (AvgIpc) is 2.38.